The first kappa shape index (κ1) is 12.4. The lowest BCUT2D eigenvalue weighted by Gasteiger charge is -2.35. The Morgan fingerprint density at radius 3 is 2.80 bits per heavy atom. The molecule has 1 saturated heterocycles. The van der Waals surface area contributed by atoms with Crippen LogP contribution in [-0.2, 0) is 4.79 Å². The zero-order valence-corrected chi connectivity index (χ0v) is 8.96. The zero-order valence-electron chi connectivity index (χ0n) is 8.96. The average Bonchev–Trinajstić information content (AvgIpc) is 2.10. The van der Waals surface area contributed by atoms with Gasteiger partial charge >= 0.3 is 5.97 Å². The van der Waals surface area contributed by atoms with Gasteiger partial charge in [0.2, 0.25) is 0 Å². The SMILES string of the molecule is CC1CCN(CC(O)CC(=O)O)CC1O. The fraction of sp³-hybridized carbons (Fsp3) is 0.900. The van der Waals surface area contributed by atoms with Crippen molar-refractivity contribution in [3.63, 3.8) is 0 Å². The van der Waals surface area contributed by atoms with Gasteiger partial charge in [0.1, 0.15) is 0 Å². The number of aliphatic carboxylic acids is 1. The molecule has 5 heteroatoms. The van der Waals surface area contributed by atoms with Crippen molar-refractivity contribution in [2.24, 2.45) is 5.92 Å². The molecule has 0 spiro atoms. The molecule has 1 aliphatic heterocycles. The number of nitrogens with zero attached hydrogens (tertiary/aromatic N) is 1. The van der Waals surface area contributed by atoms with E-state index < -0.39 is 12.1 Å². The van der Waals surface area contributed by atoms with E-state index in [-0.39, 0.29) is 18.4 Å². The summed E-state index contributed by atoms with van der Waals surface area (Å²) >= 11 is 0. The average molecular weight is 217 g/mol. The number of likely N-dealkylation sites (tertiary alicyclic amines) is 1. The Balaban J connectivity index is 2.30. The molecule has 1 fully saturated rings. The molecular weight excluding hydrogens is 198 g/mol. The predicted molar refractivity (Wildman–Crippen MR) is 54.5 cm³/mol. The van der Waals surface area contributed by atoms with E-state index in [2.05, 4.69) is 0 Å². The van der Waals surface area contributed by atoms with Gasteiger partial charge in [0.05, 0.1) is 18.6 Å². The summed E-state index contributed by atoms with van der Waals surface area (Å²) in [5.74, 6) is -0.703. The van der Waals surface area contributed by atoms with E-state index in [4.69, 9.17) is 5.11 Å². The van der Waals surface area contributed by atoms with Gasteiger partial charge in [0.25, 0.3) is 0 Å². The minimum absolute atomic E-state index is 0.234. The Morgan fingerprint density at radius 2 is 2.27 bits per heavy atom. The van der Waals surface area contributed by atoms with Crippen LogP contribution in [0, 0.1) is 5.92 Å². The van der Waals surface area contributed by atoms with Crippen molar-refractivity contribution in [2.45, 2.75) is 32.0 Å². The van der Waals surface area contributed by atoms with Crippen molar-refractivity contribution in [1.82, 2.24) is 4.90 Å². The van der Waals surface area contributed by atoms with Crippen molar-refractivity contribution in [2.75, 3.05) is 19.6 Å². The lowest BCUT2D eigenvalue weighted by molar-refractivity contribution is -0.139. The van der Waals surface area contributed by atoms with Crippen LogP contribution in [0.3, 0.4) is 0 Å². The molecule has 1 rings (SSSR count). The molecule has 1 aliphatic rings. The Kier molecular flexibility index (Phi) is 4.50. The second-order valence-corrected chi connectivity index (χ2v) is 4.34. The number of hydrogen-bond acceptors (Lipinski definition) is 4. The van der Waals surface area contributed by atoms with Gasteiger partial charge in [0, 0.05) is 13.1 Å². The number of carboxylic acid groups (broad SMARTS) is 1. The van der Waals surface area contributed by atoms with E-state index in [1.165, 1.54) is 0 Å². The monoisotopic (exact) mass is 217 g/mol. The smallest absolute Gasteiger partial charge is 0.306 e. The van der Waals surface area contributed by atoms with Gasteiger partial charge in [-0.3, -0.25) is 9.69 Å². The standard InChI is InChI=1S/C10H19NO4/c1-7-2-3-11(6-9(7)13)5-8(12)4-10(14)15/h7-9,12-13H,2-6H2,1H3,(H,14,15). The molecule has 0 amide bonds. The fourth-order valence-electron chi connectivity index (χ4n) is 1.84. The second-order valence-electron chi connectivity index (χ2n) is 4.34. The zero-order chi connectivity index (χ0) is 11.4. The Hall–Kier alpha value is -0.650. The van der Waals surface area contributed by atoms with Gasteiger partial charge in [-0.15, -0.1) is 0 Å². The number of aliphatic hydroxyl groups is 2. The maximum Gasteiger partial charge on any atom is 0.306 e. The van der Waals surface area contributed by atoms with Gasteiger partial charge in [0.15, 0.2) is 0 Å². The van der Waals surface area contributed by atoms with Crippen molar-refractivity contribution in [3.8, 4) is 0 Å². The van der Waals surface area contributed by atoms with E-state index in [9.17, 15) is 15.0 Å². The molecular formula is C10H19NO4. The van der Waals surface area contributed by atoms with E-state index in [0.29, 0.717) is 13.1 Å². The number of aliphatic hydroxyl groups excluding tert-OH is 2. The molecule has 0 aromatic rings. The minimum atomic E-state index is -0.992. The summed E-state index contributed by atoms with van der Waals surface area (Å²) in [5.41, 5.74) is 0. The molecule has 0 saturated carbocycles. The maximum absolute atomic E-state index is 10.3. The molecule has 15 heavy (non-hydrogen) atoms. The molecule has 1 heterocycles. The third kappa shape index (κ3) is 4.15. The Labute approximate surface area is 89.3 Å². The van der Waals surface area contributed by atoms with Gasteiger partial charge in [-0.05, 0) is 18.9 Å². The number of hydrogen-bond donors (Lipinski definition) is 3. The molecule has 0 aromatic heterocycles. The molecule has 0 aliphatic carbocycles. The topological polar surface area (TPSA) is 81.0 Å². The molecule has 3 N–H and O–H groups in total. The van der Waals surface area contributed by atoms with Crippen molar-refractivity contribution in [1.29, 1.82) is 0 Å². The first-order valence-electron chi connectivity index (χ1n) is 5.29. The summed E-state index contributed by atoms with van der Waals surface area (Å²) < 4.78 is 0. The Morgan fingerprint density at radius 1 is 1.60 bits per heavy atom. The van der Waals surface area contributed by atoms with Crippen LogP contribution in [0.15, 0.2) is 0 Å². The van der Waals surface area contributed by atoms with E-state index in [0.717, 1.165) is 13.0 Å². The maximum atomic E-state index is 10.3. The first-order valence-corrected chi connectivity index (χ1v) is 5.29. The Bertz CT molecular complexity index is 221. The molecule has 5 nitrogen and oxygen atoms in total. The highest BCUT2D eigenvalue weighted by atomic mass is 16.4. The van der Waals surface area contributed by atoms with Crippen LogP contribution in [-0.4, -0.2) is 58.0 Å². The second kappa shape index (κ2) is 5.44. The highest BCUT2D eigenvalue weighted by Gasteiger charge is 2.25. The normalized spacial score (nSPS) is 30.1. The summed E-state index contributed by atoms with van der Waals surface area (Å²) in [6, 6.07) is 0. The highest BCUT2D eigenvalue weighted by molar-refractivity contribution is 5.67. The van der Waals surface area contributed by atoms with Crippen LogP contribution < -0.4 is 0 Å². The van der Waals surface area contributed by atoms with Crippen molar-refractivity contribution < 1.29 is 20.1 Å². The quantitative estimate of drug-likeness (QED) is 0.593. The number of carboxylic acids is 1. The van der Waals surface area contributed by atoms with Crippen LogP contribution in [0.1, 0.15) is 19.8 Å². The molecule has 3 atom stereocenters. The van der Waals surface area contributed by atoms with Crippen LogP contribution in [0.5, 0.6) is 0 Å². The van der Waals surface area contributed by atoms with Gasteiger partial charge in [-0.2, -0.15) is 0 Å². The number of piperidine rings is 1. The number of rotatable bonds is 4. The lowest BCUT2D eigenvalue weighted by atomic mass is 9.96. The van der Waals surface area contributed by atoms with E-state index >= 15 is 0 Å². The summed E-state index contributed by atoms with van der Waals surface area (Å²) in [5, 5.41) is 27.5. The lowest BCUT2D eigenvalue weighted by Crippen LogP contribution is -2.46. The number of carbonyl (C=O) groups is 1. The van der Waals surface area contributed by atoms with E-state index in [1.54, 1.807) is 0 Å². The van der Waals surface area contributed by atoms with Gasteiger partial charge < -0.3 is 15.3 Å². The highest BCUT2D eigenvalue weighted by Crippen LogP contribution is 2.17. The minimum Gasteiger partial charge on any atom is -0.481 e. The third-order valence-electron chi connectivity index (χ3n) is 2.88. The molecule has 0 radical (unpaired) electrons. The summed E-state index contributed by atoms with van der Waals surface area (Å²) in [6.07, 6.45) is -0.554. The van der Waals surface area contributed by atoms with Crippen LogP contribution in [0.25, 0.3) is 0 Å². The molecule has 88 valence electrons. The number of β-amino-alcohol motifs (C(OH)–C–C–N with tert-alkyl or cyclic N) is 2. The molecule has 3 unspecified atom stereocenters. The molecule has 0 aromatic carbocycles. The van der Waals surface area contributed by atoms with Crippen molar-refractivity contribution in [3.05, 3.63) is 0 Å². The van der Waals surface area contributed by atoms with Gasteiger partial charge in [-0.1, -0.05) is 6.92 Å². The first-order chi connectivity index (χ1) is 6.99. The predicted octanol–water partition coefficient (Wildman–Crippen LogP) is -0.475. The van der Waals surface area contributed by atoms with Crippen LogP contribution >= 0.6 is 0 Å². The van der Waals surface area contributed by atoms with Crippen LogP contribution in [0.4, 0.5) is 0 Å². The summed E-state index contributed by atoms with van der Waals surface area (Å²) in [6.45, 7) is 3.67. The largest absolute Gasteiger partial charge is 0.481 e. The fourth-order valence-corrected chi connectivity index (χ4v) is 1.84. The van der Waals surface area contributed by atoms with E-state index in [1.807, 2.05) is 11.8 Å². The van der Waals surface area contributed by atoms with Crippen molar-refractivity contribution >= 4 is 5.97 Å². The van der Waals surface area contributed by atoms with Crippen LogP contribution in [0.2, 0.25) is 0 Å². The summed E-state index contributed by atoms with van der Waals surface area (Å²) in [4.78, 5) is 12.3. The third-order valence-corrected chi connectivity index (χ3v) is 2.88. The van der Waals surface area contributed by atoms with Gasteiger partial charge in [-0.25, -0.2) is 0 Å². The summed E-state index contributed by atoms with van der Waals surface area (Å²) in [7, 11) is 0. The molecule has 0 bridgehead atoms.